The molecular formula is C21H24O2. The van der Waals surface area contributed by atoms with Crippen molar-refractivity contribution >= 4 is 21.5 Å². The van der Waals surface area contributed by atoms with E-state index in [0.717, 1.165) is 13.0 Å². The summed E-state index contributed by atoms with van der Waals surface area (Å²) in [5.74, 6) is 0. The molecule has 0 fully saturated rings. The van der Waals surface area contributed by atoms with Crippen molar-refractivity contribution in [3.05, 3.63) is 60.2 Å². The number of ether oxygens (including phenoxy) is 2. The summed E-state index contributed by atoms with van der Waals surface area (Å²) in [6.07, 6.45) is 2.29. The van der Waals surface area contributed by atoms with Crippen LogP contribution in [0.2, 0.25) is 0 Å². The molecule has 2 nitrogen and oxygen atoms in total. The Morgan fingerprint density at radius 2 is 1.35 bits per heavy atom. The lowest BCUT2D eigenvalue weighted by atomic mass is 9.97. The second-order valence-corrected chi connectivity index (χ2v) is 5.82. The molecule has 23 heavy (non-hydrogen) atoms. The second-order valence-electron chi connectivity index (χ2n) is 5.82. The van der Waals surface area contributed by atoms with Gasteiger partial charge in [-0.1, -0.05) is 61.9 Å². The van der Waals surface area contributed by atoms with Gasteiger partial charge in [-0.15, -0.1) is 0 Å². The van der Waals surface area contributed by atoms with Crippen LogP contribution in [0.25, 0.3) is 21.5 Å². The van der Waals surface area contributed by atoms with Crippen LogP contribution in [0.15, 0.2) is 54.6 Å². The lowest BCUT2D eigenvalue weighted by molar-refractivity contribution is 0.0404. The highest BCUT2D eigenvalue weighted by Gasteiger charge is 2.07. The lowest BCUT2D eigenvalue weighted by Crippen LogP contribution is -2.05. The van der Waals surface area contributed by atoms with Gasteiger partial charge >= 0.3 is 0 Å². The average Bonchev–Trinajstić information content (AvgIpc) is 2.60. The van der Waals surface area contributed by atoms with Crippen molar-refractivity contribution in [3.63, 3.8) is 0 Å². The summed E-state index contributed by atoms with van der Waals surface area (Å²) in [6, 6.07) is 19.3. The predicted octanol–water partition coefficient (Wildman–Crippen LogP) is 5.33. The highest BCUT2D eigenvalue weighted by Crippen LogP contribution is 2.28. The number of rotatable bonds is 8. The summed E-state index contributed by atoms with van der Waals surface area (Å²) in [5, 5.41) is 5.09. The molecule has 0 N–H and O–H groups in total. The monoisotopic (exact) mass is 308 g/mol. The molecule has 0 atom stereocenters. The fourth-order valence-electron chi connectivity index (χ4n) is 2.90. The third kappa shape index (κ3) is 3.90. The summed E-state index contributed by atoms with van der Waals surface area (Å²) in [7, 11) is 0. The minimum absolute atomic E-state index is 0.624. The molecule has 0 radical (unpaired) electrons. The van der Waals surface area contributed by atoms with Crippen molar-refractivity contribution in [3.8, 4) is 0 Å². The zero-order chi connectivity index (χ0) is 15.9. The van der Waals surface area contributed by atoms with Crippen LogP contribution in [0.3, 0.4) is 0 Å². The van der Waals surface area contributed by atoms with Gasteiger partial charge in [0.15, 0.2) is 0 Å². The van der Waals surface area contributed by atoms with Crippen molar-refractivity contribution in [1.29, 1.82) is 0 Å². The number of benzene rings is 3. The zero-order valence-corrected chi connectivity index (χ0v) is 13.8. The van der Waals surface area contributed by atoms with Crippen molar-refractivity contribution < 1.29 is 9.47 Å². The van der Waals surface area contributed by atoms with Gasteiger partial charge in [-0.25, -0.2) is 0 Å². The van der Waals surface area contributed by atoms with Gasteiger partial charge in [0.05, 0.1) is 19.8 Å². The topological polar surface area (TPSA) is 18.5 Å². The molecule has 0 aliphatic carbocycles. The van der Waals surface area contributed by atoms with Crippen LogP contribution in [0.4, 0.5) is 0 Å². The lowest BCUT2D eigenvalue weighted by Gasteiger charge is -2.12. The minimum Gasteiger partial charge on any atom is -0.379 e. The van der Waals surface area contributed by atoms with E-state index in [1.165, 1.54) is 33.5 Å². The second kappa shape index (κ2) is 8.09. The summed E-state index contributed by atoms with van der Waals surface area (Å²) in [6.45, 7) is 4.94. The van der Waals surface area contributed by atoms with Gasteiger partial charge < -0.3 is 9.47 Å². The molecule has 0 aromatic heterocycles. The van der Waals surface area contributed by atoms with E-state index in [-0.39, 0.29) is 0 Å². The van der Waals surface area contributed by atoms with E-state index in [1.807, 2.05) is 0 Å². The van der Waals surface area contributed by atoms with Crippen molar-refractivity contribution in [1.82, 2.24) is 0 Å². The molecule has 120 valence electrons. The van der Waals surface area contributed by atoms with Crippen LogP contribution in [0.5, 0.6) is 0 Å². The molecule has 0 spiro atoms. The molecule has 3 aromatic carbocycles. The van der Waals surface area contributed by atoms with Crippen LogP contribution < -0.4 is 0 Å². The number of hydrogen-bond donors (Lipinski definition) is 0. The molecule has 0 aliphatic rings. The predicted molar refractivity (Wildman–Crippen MR) is 96.8 cm³/mol. The van der Waals surface area contributed by atoms with E-state index in [1.54, 1.807) is 0 Å². The van der Waals surface area contributed by atoms with Gasteiger partial charge in [-0.05, 0) is 39.6 Å². The molecule has 0 amide bonds. The normalized spacial score (nSPS) is 11.3. The highest BCUT2D eigenvalue weighted by atomic mass is 16.5. The standard InChI is InChI=1S/C21H24O2/c1-2-3-12-22-13-14-23-16-21-19-10-6-4-8-17(19)15-18-9-5-7-11-20(18)21/h4-11,15H,2-3,12-14,16H2,1H3. The van der Waals surface area contributed by atoms with Gasteiger partial charge in [0.1, 0.15) is 0 Å². The Labute approximate surface area is 138 Å². The molecule has 0 saturated carbocycles. The van der Waals surface area contributed by atoms with Gasteiger partial charge in [0.25, 0.3) is 0 Å². The first-order chi connectivity index (χ1) is 11.4. The summed E-state index contributed by atoms with van der Waals surface area (Å²) in [4.78, 5) is 0. The molecular weight excluding hydrogens is 284 g/mol. The summed E-state index contributed by atoms with van der Waals surface area (Å²) in [5.41, 5.74) is 1.27. The molecule has 2 heteroatoms. The Morgan fingerprint density at radius 1 is 0.739 bits per heavy atom. The van der Waals surface area contributed by atoms with Gasteiger partial charge in [-0.2, -0.15) is 0 Å². The quantitative estimate of drug-likeness (QED) is 0.414. The highest BCUT2D eigenvalue weighted by molar-refractivity contribution is 6.02. The first-order valence-corrected chi connectivity index (χ1v) is 8.45. The van der Waals surface area contributed by atoms with Crippen LogP contribution >= 0.6 is 0 Å². The zero-order valence-electron chi connectivity index (χ0n) is 13.8. The molecule has 3 rings (SSSR count). The number of hydrogen-bond acceptors (Lipinski definition) is 2. The molecule has 0 unspecified atom stereocenters. The maximum absolute atomic E-state index is 5.89. The maximum Gasteiger partial charge on any atom is 0.0730 e. The number of fused-ring (bicyclic) bond motifs is 2. The fraction of sp³-hybridized carbons (Fsp3) is 0.333. The van der Waals surface area contributed by atoms with Gasteiger partial charge in [0, 0.05) is 6.61 Å². The van der Waals surface area contributed by atoms with E-state index in [0.29, 0.717) is 19.8 Å². The van der Waals surface area contributed by atoms with Crippen LogP contribution in [-0.2, 0) is 16.1 Å². The summed E-state index contributed by atoms with van der Waals surface area (Å²) >= 11 is 0. The van der Waals surface area contributed by atoms with Crippen LogP contribution in [0, 0.1) is 0 Å². The molecule has 0 aliphatic heterocycles. The van der Waals surface area contributed by atoms with Crippen LogP contribution in [-0.4, -0.2) is 19.8 Å². The first-order valence-electron chi connectivity index (χ1n) is 8.45. The molecule has 0 heterocycles. The maximum atomic E-state index is 5.89. The smallest absolute Gasteiger partial charge is 0.0730 e. The Kier molecular flexibility index (Phi) is 5.62. The van der Waals surface area contributed by atoms with Crippen molar-refractivity contribution in [2.24, 2.45) is 0 Å². The summed E-state index contributed by atoms with van der Waals surface area (Å²) < 4.78 is 11.5. The molecule has 0 bridgehead atoms. The van der Waals surface area contributed by atoms with Gasteiger partial charge in [0.2, 0.25) is 0 Å². The SMILES string of the molecule is CCCCOCCOCc1c2ccccc2cc2ccccc12. The van der Waals surface area contributed by atoms with Gasteiger partial charge in [-0.3, -0.25) is 0 Å². The first kappa shape index (κ1) is 16.0. The number of unbranched alkanes of at least 4 members (excludes halogenated alkanes) is 1. The van der Waals surface area contributed by atoms with Crippen molar-refractivity contribution in [2.75, 3.05) is 19.8 Å². The van der Waals surface area contributed by atoms with E-state index >= 15 is 0 Å². The Hall–Kier alpha value is -1.90. The minimum atomic E-state index is 0.624. The van der Waals surface area contributed by atoms with Crippen molar-refractivity contribution in [2.45, 2.75) is 26.4 Å². The van der Waals surface area contributed by atoms with E-state index < -0.39 is 0 Å². The fourth-order valence-corrected chi connectivity index (χ4v) is 2.90. The Bertz CT molecular complexity index is 710. The van der Waals surface area contributed by atoms with E-state index in [9.17, 15) is 0 Å². The third-order valence-electron chi connectivity index (χ3n) is 4.14. The largest absolute Gasteiger partial charge is 0.379 e. The van der Waals surface area contributed by atoms with E-state index in [4.69, 9.17) is 9.47 Å². The van der Waals surface area contributed by atoms with Crippen LogP contribution in [0.1, 0.15) is 25.3 Å². The Morgan fingerprint density at radius 3 is 2.00 bits per heavy atom. The average molecular weight is 308 g/mol. The van der Waals surface area contributed by atoms with E-state index in [2.05, 4.69) is 61.5 Å². The Balaban J connectivity index is 1.75. The molecule has 0 saturated heterocycles. The molecule has 3 aromatic rings. The third-order valence-corrected chi connectivity index (χ3v) is 4.14.